The van der Waals surface area contributed by atoms with Crippen molar-refractivity contribution in [1.29, 1.82) is 0 Å². The second kappa shape index (κ2) is 14.7. The van der Waals surface area contributed by atoms with Crippen LogP contribution in [-0.4, -0.2) is 90.7 Å². The average Bonchev–Trinajstić information content (AvgIpc) is 3.41. The van der Waals surface area contributed by atoms with Crippen molar-refractivity contribution in [2.75, 3.05) is 13.7 Å². The number of alkyl halides is 3. The van der Waals surface area contributed by atoms with E-state index in [-0.39, 0.29) is 6.42 Å². The molecule has 5 atom stereocenters. The number of aliphatic hydroxyl groups excluding tert-OH is 1. The van der Waals surface area contributed by atoms with Gasteiger partial charge in [-0.3, -0.25) is 9.59 Å². The summed E-state index contributed by atoms with van der Waals surface area (Å²) in [5.74, 6) is -2.97. The number of amides is 3. The fraction of sp³-hybridized carbons (Fsp3) is 0.483. The Hall–Kier alpha value is -3.56. The zero-order valence-corrected chi connectivity index (χ0v) is 26.2. The van der Waals surface area contributed by atoms with Gasteiger partial charge in [0.2, 0.25) is 11.8 Å². The first-order valence-electron chi connectivity index (χ1n) is 13.9. The highest BCUT2D eigenvalue weighted by atomic mass is 35.5. The van der Waals surface area contributed by atoms with Gasteiger partial charge in [0.05, 0.1) is 24.2 Å². The lowest BCUT2D eigenvalue weighted by Crippen LogP contribution is -2.58. The van der Waals surface area contributed by atoms with Gasteiger partial charge >= 0.3 is 12.3 Å². The summed E-state index contributed by atoms with van der Waals surface area (Å²) in [6.45, 7) is 2.16. The number of hydrogen-bond acceptors (Lipinski definition) is 7. The molecule has 0 radical (unpaired) electrons. The number of carbonyl (C=O) groups is 3. The lowest BCUT2D eigenvalue weighted by atomic mass is 9.97. The van der Waals surface area contributed by atoms with Crippen molar-refractivity contribution in [3.63, 3.8) is 0 Å². The van der Waals surface area contributed by atoms with Crippen LogP contribution < -0.4 is 15.4 Å². The number of nitrogens with zero attached hydrogens (tertiary/aromatic N) is 1. The molecule has 16 heteroatoms. The molecule has 0 aliphatic carbocycles. The molecule has 0 bridgehead atoms. The Kier molecular flexibility index (Phi) is 11.7. The number of aliphatic hydroxyl groups is 1. The van der Waals surface area contributed by atoms with E-state index in [1.165, 1.54) is 39.2 Å². The average molecular weight is 678 g/mol. The molecule has 248 valence electrons. The van der Waals surface area contributed by atoms with Crippen molar-refractivity contribution in [2.24, 2.45) is 5.92 Å². The Morgan fingerprint density at radius 2 is 1.73 bits per heavy atom. The van der Waals surface area contributed by atoms with Crippen LogP contribution in [0.25, 0.3) is 0 Å². The molecule has 0 spiro atoms. The van der Waals surface area contributed by atoms with E-state index in [0.29, 0.717) is 21.9 Å². The summed E-state index contributed by atoms with van der Waals surface area (Å²) in [4.78, 5) is 39.9. The number of carboxylic acid groups (broad SMARTS) is 1. The third kappa shape index (κ3) is 9.47. The number of ether oxygens (including phenoxy) is 1. The molecule has 2 aromatic carbocycles. The smallest absolute Gasteiger partial charge is 0.416 e. The minimum absolute atomic E-state index is 0.221. The Labute approximate surface area is 263 Å². The first-order chi connectivity index (χ1) is 20.9. The van der Waals surface area contributed by atoms with Gasteiger partial charge in [-0.05, 0) is 47.7 Å². The van der Waals surface area contributed by atoms with Gasteiger partial charge in [0.15, 0.2) is 15.9 Å². The van der Waals surface area contributed by atoms with E-state index in [4.69, 9.17) is 16.3 Å². The number of sulfone groups is 1. The summed E-state index contributed by atoms with van der Waals surface area (Å²) in [5, 5.41) is 22.6. The molecule has 3 rings (SSSR count). The molecule has 3 amide bonds. The summed E-state index contributed by atoms with van der Waals surface area (Å²) >= 11 is 6.03. The summed E-state index contributed by atoms with van der Waals surface area (Å²) < 4.78 is 72.3. The van der Waals surface area contributed by atoms with E-state index in [1.54, 1.807) is 30.3 Å². The first-order valence-corrected chi connectivity index (χ1v) is 16.0. The second-order valence-corrected chi connectivity index (χ2v) is 13.8. The number of carbonyl (C=O) groups excluding carboxylic acids is 2. The highest BCUT2D eigenvalue weighted by Gasteiger charge is 2.49. The molecule has 11 nitrogen and oxygen atoms in total. The van der Waals surface area contributed by atoms with Gasteiger partial charge in [0.25, 0.3) is 0 Å². The molecule has 0 aromatic heterocycles. The minimum Gasteiger partial charge on any atom is -0.497 e. The molecular formula is C29H35ClF3N3O8S. The lowest BCUT2D eigenvalue weighted by molar-refractivity contribution is -0.215. The van der Waals surface area contributed by atoms with Crippen molar-refractivity contribution < 1.29 is 50.9 Å². The Bertz CT molecular complexity index is 1470. The van der Waals surface area contributed by atoms with Crippen LogP contribution in [0.5, 0.6) is 5.75 Å². The second-order valence-electron chi connectivity index (χ2n) is 11.1. The molecule has 1 heterocycles. The predicted molar refractivity (Wildman–Crippen MR) is 158 cm³/mol. The summed E-state index contributed by atoms with van der Waals surface area (Å²) in [6, 6.07) is 7.48. The Balaban J connectivity index is 1.97. The van der Waals surface area contributed by atoms with Crippen LogP contribution in [0.1, 0.15) is 31.4 Å². The summed E-state index contributed by atoms with van der Waals surface area (Å²) in [7, 11) is -2.62. The number of rotatable bonds is 12. The van der Waals surface area contributed by atoms with Gasteiger partial charge in [-0.1, -0.05) is 49.7 Å². The largest absolute Gasteiger partial charge is 0.497 e. The van der Waals surface area contributed by atoms with E-state index >= 15 is 0 Å². The van der Waals surface area contributed by atoms with E-state index in [9.17, 15) is 46.2 Å². The van der Waals surface area contributed by atoms with Crippen molar-refractivity contribution in [3.8, 4) is 5.75 Å². The van der Waals surface area contributed by atoms with E-state index < -0.39 is 88.0 Å². The van der Waals surface area contributed by atoms with E-state index in [2.05, 4.69) is 10.6 Å². The van der Waals surface area contributed by atoms with Crippen LogP contribution in [0.15, 0.2) is 48.5 Å². The maximum atomic E-state index is 13.8. The predicted octanol–water partition coefficient (Wildman–Crippen LogP) is 3.18. The number of halogens is 4. The quantitative estimate of drug-likeness (QED) is 0.266. The molecule has 45 heavy (non-hydrogen) atoms. The van der Waals surface area contributed by atoms with Gasteiger partial charge in [0.1, 0.15) is 17.8 Å². The lowest BCUT2D eigenvalue weighted by Gasteiger charge is -2.32. The highest BCUT2D eigenvalue weighted by molar-refractivity contribution is 7.91. The minimum atomic E-state index is -5.08. The maximum absolute atomic E-state index is 13.8. The number of methoxy groups -OCH3 is 1. The maximum Gasteiger partial charge on any atom is 0.416 e. The van der Waals surface area contributed by atoms with E-state index in [1.807, 2.05) is 0 Å². The van der Waals surface area contributed by atoms with Crippen molar-refractivity contribution in [2.45, 2.75) is 68.1 Å². The molecular weight excluding hydrogens is 643 g/mol. The van der Waals surface area contributed by atoms with Crippen LogP contribution in [0, 0.1) is 5.92 Å². The summed E-state index contributed by atoms with van der Waals surface area (Å²) in [5.41, 5.74) is 0.841. The van der Waals surface area contributed by atoms with Gasteiger partial charge in [-0.2, -0.15) is 13.2 Å². The molecule has 1 aliphatic rings. The Morgan fingerprint density at radius 1 is 1.09 bits per heavy atom. The first kappa shape index (κ1) is 35.9. The number of likely N-dealkylation sites (tertiary alicyclic amines) is 1. The van der Waals surface area contributed by atoms with Gasteiger partial charge in [-0.25, -0.2) is 13.2 Å². The topological polar surface area (TPSA) is 162 Å². The van der Waals surface area contributed by atoms with Crippen molar-refractivity contribution in [3.05, 3.63) is 64.7 Å². The van der Waals surface area contributed by atoms with Gasteiger partial charge in [0, 0.05) is 18.0 Å². The number of benzene rings is 2. The summed E-state index contributed by atoms with van der Waals surface area (Å²) in [6.07, 6.45) is -10.3. The molecule has 2 aromatic rings. The normalized spacial score (nSPS) is 19.1. The van der Waals surface area contributed by atoms with E-state index in [0.717, 1.165) is 4.90 Å². The van der Waals surface area contributed by atoms with Crippen LogP contribution in [-0.2, 0) is 31.6 Å². The molecule has 1 fully saturated rings. The monoisotopic (exact) mass is 677 g/mol. The highest BCUT2D eigenvalue weighted by Crippen LogP contribution is 2.30. The molecule has 1 saturated heterocycles. The number of nitrogens with one attached hydrogen (secondary N) is 2. The SMILES string of the molecule is COc1ccc(CS(=O)(=O)[C@@H]2C[C@@H](C(=O)NC(C(C)C)C(O)C(F)(F)F)N(C(=O)C(Cc3cccc(Cl)c3)NC(=O)O)C2)cc1. The molecule has 1 aliphatic heterocycles. The third-order valence-corrected chi connectivity index (χ3v) is 9.84. The standard InChI is InChI=1S/C29H35ClF3N3O8S/c1-16(2)24(25(37)29(31,32)33)35-26(38)23-13-21(45(42,43)15-17-7-9-20(44-3)10-8-17)14-36(23)27(39)22(34-28(40)41)12-18-5-4-6-19(30)11-18/h4-11,16,21-25,34,37H,12-15H2,1-3H3,(H,35,38)(H,40,41)/t21-,22?,23+,24?,25?/m1/s1. The zero-order valence-electron chi connectivity index (χ0n) is 24.6. The van der Waals surface area contributed by atoms with Crippen LogP contribution in [0.3, 0.4) is 0 Å². The van der Waals surface area contributed by atoms with Gasteiger partial charge < -0.3 is 30.5 Å². The van der Waals surface area contributed by atoms with Gasteiger partial charge in [-0.15, -0.1) is 0 Å². The van der Waals surface area contributed by atoms with Crippen LogP contribution >= 0.6 is 11.6 Å². The van der Waals surface area contributed by atoms with Crippen molar-refractivity contribution >= 4 is 39.3 Å². The van der Waals surface area contributed by atoms with Crippen molar-refractivity contribution in [1.82, 2.24) is 15.5 Å². The van der Waals surface area contributed by atoms with Crippen LogP contribution in [0.4, 0.5) is 18.0 Å². The fourth-order valence-electron chi connectivity index (χ4n) is 5.14. The zero-order chi connectivity index (χ0) is 33.7. The number of hydrogen-bond donors (Lipinski definition) is 4. The third-order valence-electron chi connectivity index (χ3n) is 7.51. The van der Waals surface area contributed by atoms with Crippen LogP contribution in [0.2, 0.25) is 5.02 Å². The Morgan fingerprint density at radius 3 is 2.27 bits per heavy atom. The fourth-order valence-corrected chi connectivity index (χ4v) is 7.11. The molecule has 4 N–H and O–H groups in total. The molecule has 3 unspecified atom stereocenters. The molecule has 0 saturated carbocycles.